The van der Waals surface area contributed by atoms with Crippen LogP contribution in [0.3, 0.4) is 0 Å². The van der Waals surface area contributed by atoms with Crippen LogP contribution in [0.25, 0.3) is 0 Å². The maximum absolute atomic E-state index is 5.53. The summed E-state index contributed by atoms with van der Waals surface area (Å²) in [4.78, 5) is 6.89. The van der Waals surface area contributed by atoms with Crippen LogP contribution in [-0.4, -0.2) is 52.3 Å². The molecule has 7 nitrogen and oxygen atoms in total. The van der Waals surface area contributed by atoms with Gasteiger partial charge in [0.05, 0.1) is 33.4 Å². The molecule has 0 radical (unpaired) electrons. The van der Waals surface area contributed by atoms with Crippen molar-refractivity contribution >= 4 is 5.96 Å². The van der Waals surface area contributed by atoms with Crippen LogP contribution in [0.5, 0.6) is 17.2 Å². The summed E-state index contributed by atoms with van der Waals surface area (Å²) >= 11 is 0. The van der Waals surface area contributed by atoms with Crippen molar-refractivity contribution in [3.05, 3.63) is 53.1 Å². The van der Waals surface area contributed by atoms with E-state index in [1.165, 1.54) is 43.5 Å². The van der Waals surface area contributed by atoms with Gasteiger partial charge in [-0.15, -0.1) is 0 Å². The van der Waals surface area contributed by atoms with E-state index in [-0.39, 0.29) is 0 Å². The molecule has 1 heterocycles. The molecular formula is C25H36N4O3. The van der Waals surface area contributed by atoms with Gasteiger partial charge in [0.1, 0.15) is 17.2 Å². The maximum Gasteiger partial charge on any atom is 0.191 e. The van der Waals surface area contributed by atoms with Crippen molar-refractivity contribution in [2.24, 2.45) is 4.99 Å². The van der Waals surface area contributed by atoms with E-state index < -0.39 is 0 Å². The molecule has 174 valence electrons. The topological polar surface area (TPSA) is 67.4 Å². The van der Waals surface area contributed by atoms with Gasteiger partial charge in [0.25, 0.3) is 0 Å². The molecule has 1 saturated heterocycles. The molecule has 3 rings (SSSR count). The molecule has 0 saturated carbocycles. The second kappa shape index (κ2) is 12.2. The Hall–Kier alpha value is -2.93. The average molecular weight is 441 g/mol. The highest BCUT2D eigenvalue weighted by Gasteiger charge is 2.14. The lowest BCUT2D eigenvalue weighted by molar-refractivity contribution is 0.221. The molecule has 0 bridgehead atoms. The number of rotatable bonds is 9. The predicted molar refractivity (Wildman–Crippen MR) is 129 cm³/mol. The fourth-order valence-electron chi connectivity index (χ4n) is 3.97. The van der Waals surface area contributed by atoms with Crippen LogP contribution in [0.4, 0.5) is 0 Å². The summed E-state index contributed by atoms with van der Waals surface area (Å²) in [5, 5.41) is 6.72. The lowest BCUT2D eigenvalue weighted by Gasteiger charge is -2.26. The summed E-state index contributed by atoms with van der Waals surface area (Å²) in [6.07, 6.45) is 4.01. The minimum absolute atomic E-state index is 0.505. The second-order valence-corrected chi connectivity index (χ2v) is 7.94. The standard InChI is InChI=1S/C25H36N4O3/c1-26-25(28-17-22-23(31-3)14-21(30-2)15-24(22)32-4)27-16-19-8-10-20(11-9-19)18-29-12-6-5-7-13-29/h8-11,14-15H,5-7,12-13,16-18H2,1-4H3,(H2,26,27,28). The smallest absolute Gasteiger partial charge is 0.191 e. The third kappa shape index (κ3) is 6.53. The number of nitrogens with one attached hydrogen (secondary N) is 2. The molecule has 2 aromatic carbocycles. The second-order valence-electron chi connectivity index (χ2n) is 7.94. The largest absolute Gasteiger partial charge is 0.496 e. The normalized spacial score (nSPS) is 14.7. The molecular weight excluding hydrogens is 404 g/mol. The Morgan fingerprint density at radius 3 is 2.00 bits per heavy atom. The number of methoxy groups -OCH3 is 3. The molecule has 0 aliphatic carbocycles. The van der Waals surface area contributed by atoms with Gasteiger partial charge in [0.15, 0.2) is 5.96 Å². The molecule has 7 heteroatoms. The Labute approximate surface area is 191 Å². The highest BCUT2D eigenvalue weighted by Crippen LogP contribution is 2.33. The number of ether oxygens (including phenoxy) is 3. The van der Waals surface area contributed by atoms with Crippen LogP contribution in [0, 0.1) is 0 Å². The van der Waals surface area contributed by atoms with Crippen molar-refractivity contribution in [3.63, 3.8) is 0 Å². The average Bonchev–Trinajstić information content (AvgIpc) is 2.85. The van der Waals surface area contributed by atoms with Gasteiger partial charge in [-0.1, -0.05) is 30.7 Å². The first-order valence-electron chi connectivity index (χ1n) is 11.2. The van der Waals surface area contributed by atoms with E-state index in [0.717, 1.165) is 12.1 Å². The Balaban J connectivity index is 1.54. The van der Waals surface area contributed by atoms with Crippen molar-refractivity contribution in [2.75, 3.05) is 41.5 Å². The Bertz CT molecular complexity index is 852. The van der Waals surface area contributed by atoms with Crippen LogP contribution >= 0.6 is 0 Å². The molecule has 0 spiro atoms. The van der Waals surface area contributed by atoms with Crippen molar-refractivity contribution in [3.8, 4) is 17.2 Å². The molecule has 0 amide bonds. The third-order valence-corrected chi connectivity index (χ3v) is 5.81. The van der Waals surface area contributed by atoms with E-state index in [0.29, 0.717) is 36.3 Å². The van der Waals surface area contributed by atoms with E-state index >= 15 is 0 Å². The van der Waals surface area contributed by atoms with E-state index in [2.05, 4.69) is 44.8 Å². The van der Waals surface area contributed by atoms with Crippen molar-refractivity contribution < 1.29 is 14.2 Å². The van der Waals surface area contributed by atoms with Crippen LogP contribution < -0.4 is 24.8 Å². The molecule has 0 aromatic heterocycles. The van der Waals surface area contributed by atoms with Crippen LogP contribution in [0.2, 0.25) is 0 Å². The van der Waals surface area contributed by atoms with E-state index in [1.54, 1.807) is 28.4 Å². The van der Waals surface area contributed by atoms with Gasteiger partial charge in [0.2, 0.25) is 0 Å². The number of piperidine rings is 1. The number of benzene rings is 2. The zero-order valence-electron chi connectivity index (χ0n) is 19.7. The number of hydrogen-bond donors (Lipinski definition) is 2. The Morgan fingerprint density at radius 1 is 0.844 bits per heavy atom. The van der Waals surface area contributed by atoms with Gasteiger partial charge in [-0.25, -0.2) is 0 Å². The summed E-state index contributed by atoms with van der Waals surface area (Å²) < 4.78 is 16.4. The van der Waals surface area contributed by atoms with Crippen molar-refractivity contribution in [2.45, 2.75) is 38.9 Å². The number of hydrogen-bond acceptors (Lipinski definition) is 5. The molecule has 1 aliphatic rings. The maximum atomic E-state index is 5.53. The highest BCUT2D eigenvalue weighted by atomic mass is 16.5. The van der Waals surface area contributed by atoms with Gasteiger partial charge < -0.3 is 24.8 Å². The van der Waals surface area contributed by atoms with Gasteiger partial charge in [-0.05, 0) is 37.1 Å². The fourth-order valence-corrected chi connectivity index (χ4v) is 3.97. The summed E-state index contributed by atoms with van der Waals surface area (Å²) in [5.41, 5.74) is 3.49. The highest BCUT2D eigenvalue weighted by molar-refractivity contribution is 5.79. The summed E-state index contributed by atoms with van der Waals surface area (Å²) in [6, 6.07) is 12.5. The quantitative estimate of drug-likeness (QED) is 0.459. The molecule has 1 aliphatic heterocycles. The first-order valence-corrected chi connectivity index (χ1v) is 11.2. The van der Waals surface area contributed by atoms with Crippen molar-refractivity contribution in [1.82, 2.24) is 15.5 Å². The number of nitrogens with zero attached hydrogens (tertiary/aromatic N) is 2. The third-order valence-electron chi connectivity index (χ3n) is 5.81. The Kier molecular flexibility index (Phi) is 9.04. The first kappa shape index (κ1) is 23.7. The first-order chi connectivity index (χ1) is 15.7. The molecule has 0 unspecified atom stereocenters. The number of guanidine groups is 1. The minimum atomic E-state index is 0.505. The van der Waals surface area contributed by atoms with Crippen LogP contribution in [-0.2, 0) is 19.6 Å². The lowest BCUT2D eigenvalue weighted by atomic mass is 10.1. The van der Waals surface area contributed by atoms with E-state index in [9.17, 15) is 0 Å². The molecule has 0 atom stereocenters. The fraction of sp³-hybridized carbons (Fsp3) is 0.480. The van der Waals surface area contributed by atoms with Gasteiger partial charge in [-0.2, -0.15) is 0 Å². The van der Waals surface area contributed by atoms with Crippen molar-refractivity contribution in [1.29, 1.82) is 0 Å². The summed E-state index contributed by atoms with van der Waals surface area (Å²) in [7, 11) is 6.66. The predicted octanol–water partition coefficient (Wildman–Crippen LogP) is 3.56. The molecule has 2 N–H and O–H groups in total. The summed E-state index contributed by atoms with van der Waals surface area (Å²) in [5.74, 6) is 2.80. The Morgan fingerprint density at radius 2 is 1.44 bits per heavy atom. The van der Waals surface area contributed by atoms with Gasteiger partial charge >= 0.3 is 0 Å². The van der Waals surface area contributed by atoms with E-state index in [4.69, 9.17) is 14.2 Å². The van der Waals surface area contributed by atoms with Crippen LogP contribution in [0.15, 0.2) is 41.4 Å². The SMILES string of the molecule is CN=C(NCc1ccc(CN2CCCCC2)cc1)NCc1c(OC)cc(OC)cc1OC. The molecule has 1 fully saturated rings. The van der Waals surface area contributed by atoms with Gasteiger partial charge in [0, 0.05) is 32.3 Å². The zero-order chi connectivity index (χ0) is 22.8. The molecule has 2 aromatic rings. The van der Waals surface area contributed by atoms with Gasteiger partial charge in [-0.3, -0.25) is 9.89 Å². The van der Waals surface area contributed by atoms with E-state index in [1.807, 2.05) is 12.1 Å². The molecule has 32 heavy (non-hydrogen) atoms. The lowest BCUT2D eigenvalue weighted by Crippen LogP contribution is -2.36. The number of likely N-dealkylation sites (tertiary alicyclic amines) is 1. The monoisotopic (exact) mass is 440 g/mol. The summed E-state index contributed by atoms with van der Waals surface area (Å²) in [6.45, 7) is 4.68. The number of aliphatic imine (C=N–C) groups is 1. The van der Waals surface area contributed by atoms with Crippen LogP contribution in [0.1, 0.15) is 36.0 Å². The zero-order valence-corrected chi connectivity index (χ0v) is 19.7. The minimum Gasteiger partial charge on any atom is -0.496 e.